The van der Waals surface area contributed by atoms with Crippen LogP contribution in [-0.4, -0.2) is 12.8 Å². The molecule has 0 saturated heterocycles. The van der Waals surface area contributed by atoms with Crippen molar-refractivity contribution < 1.29 is 4.57 Å². The maximum absolute atomic E-state index is 12.2. The Bertz CT molecular complexity index is 331. The van der Waals surface area contributed by atoms with Crippen LogP contribution < -0.4 is 5.30 Å². The maximum Gasteiger partial charge on any atom is 0.112 e. The van der Waals surface area contributed by atoms with E-state index in [2.05, 4.69) is 13.0 Å². The van der Waals surface area contributed by atoms with Crippen molar-refractivity contribution in [2.24, 2.45) is 0 Å². The second kappa shape index (κ2) is 4.11. The smallest absolute Gasteiger partial charge is 0.112 e. The second-order valence-corrected chi connectivity index (χ2v) is 6.72. The Hall–Kier alpha value is -0.550. The summed E-state index contributed by atoms with van der Waals surface area (Å²) in [5, 5.41) is 1.07. The van der Waals surface area contributed by atoms with Crippen LogP contribution in [0, 0.1) is 0 Å². The lowest BCUT2D eigenvalue weighted by atomic mass is 10.2. The van der Waals surface area contributed by atoms with Crippen LogP contribution in [0.15, 0.2) is 24.3 Å². The van der Waals surface area contributed by atoms with Gasteiger partial charge in [-0.25, -0.2) is 0 Å². The average Bonchev–Trinajstić information content (AvgIpc) is 2.18. The van der Waals surface area contributed by atoms with E-state index in [1.54, 1.807) is 0 Å². The minimum absolute atomic E-state index is 0.754. The third kappa shape index (κ3) is 2.22. The summed E-state index contributed by atoms with van der Waals surface area (Å²) in [6.07, 6.45) is 1.72. The van der Waals surface area contributed by atoms with Crippen LogP contribution in [0.25, 0.3) is 0 Å². The fourth-order valence-corrected chi connectivity index (χ4v) is 3.02. The monoisotopic (exact) mass is 196 g/mol. The first-order valence-corrected chi connectivity index (χ1v) is 7.10. The molecule has 0 bridgehead atoms. The van der Waals surface area contributed by atoms with Gasteiger partial charge in [0.1, 0.15) is 7.14 Å². The Kier molecular flexibility index (Phi) is 3.33. The molecule has 1 aromatic rings. The molecule has 0 fully saturated rings. The van der Waals surface area contributed by atoms with Gasteiger partial charge in [-0.3, -0.25) is 0 Å². The van der Waals surface area contributed by atoms with E-state index in [9.17, 15) is 4.57 Å². The van der Waals surface area contributed by atoms with Crippen LogP contribution >= 0.6 is 7.14 Å². The van der Waals surface area contributed by atoms with E-state index in [0.717, 1.165) is 17.9 Å². The summed E-state index contributed by atoms with van der Waals surface area (Å²) in [5.74, 6) is 0. The first-order valence-electron chi connectivity index (χ1n) is 4.76. The molecule has 2 heteroatoms. The summed E-state index contributed by atoms with van der Waals surface area (Å²) in [6.45, 7) is 5.98. The molecule has 1 unspecified atom stereocenters. The third-order valence-electron chi connectivity index (χ3n) is 2.49. The molecule has 0 radical (unpaired) electrons. The van der Waals surface area contributed by atoms with Gasteiger partial charge in [0, 0.05) is 11.5 Å². The van der Waals surface area contributed by atoms with Gasteiger partial charge in [0.15, 0.2) is 0 Å². The normalized spacial score (nSPS) is 15.3. The van der Waals surface area contributed by atoms with Crippen LogP contribution in [0.2, 0.25) is 0 Å². The highest BCUT2D eigenvalue weighted by atomic mass is 31.2. The van der Waals surface area contributed by atoms with Gasteiger partial charge in [0.2, 0.25) is 0 Å². The first-order chi connectivity index (χ1) is 6.11. The Labute approximate surface area is 80.5 Å². The van der Waals surface area contributed by atoms with E-state index < -0.39 is 7.14 Å². The standard InChI is InChI=1S/C11H17OP/c1-4-10-8-6-7-9-11(10)13(3,12)5-2/h6-9H,4-5H2,1-3H3. The van der Waals surface area contributed by atoms with Crippen molar-refractivity contribution in [1.82, 2.24) is 0 Å². The molecule has 0 aliphatic heterocycles. The molecule has 72 valence electrons. The Morgan fingerprint density at radius 2 is 1.85 bits per heavy atom. The summed E-state index contributed by atoms with van der Waals surface area (Å²) in [5.41, 5.74) is 1.23. The lowest BCUT2D eigenvalue weighted by Gasteiger charge is -2.14. The average molecular weight is 196 g/mol. The van der Waals surface area contributed by atoms with Crippen LogP contribution in [-0.2, 0) is 11.0 Å². The van der Waals surface area contributed by atoms with Crippen molar-refractivity contribution in [2.45, 2.75) is 20.3 Å². The molecule has 0 aromatic heterocycles. The number of hydrogen-bond donors (Lipinski definition) is 0. The third-order valence-corrected chi connectivity index (χ3v) is 5.15. The van der Waals surface area contributed by atoms with Gasteiger partial charge in [-0.05, 0) is 18.6 Å². The van der Waals surface area contributed by atoms with Crippen molar-refractivity contribution in [3.63, 3.8) is 0 Å². The number of hydrogen-bond acceptors (Lipinski definition) is 1. The van der Waals surface area contributed by atoms with Crippen molar-refractivity contribution in [2.75, 3.05) is 12.8 Å². The van der Waals surface area contributed by atoms with E-state index in [0.29, 0.717) is 0 Å². The highest BCUT2D eigenvalue weighted by molar-refractivity contribution is 7.70. The zero-order valence-corrected chi connectivity index (χ0v) is 9.47. The molecule has 0 amide bonds. The molecule has 1 rings (SSSR count). The van der Waals surface area contributed by atoms with E-state index in [1.807, 2.05) is 31.8 Å². The van der Waals surface area contributed by atoms with Crippen molar-refractivity contribution in [3.05, 3.63) is 29.8 Å². The highest BCUT2D eigenvalue weighted by Gasteiger charge is 2.17. The maximum atomic E-state index is 12.2. The molecular weight excluding hydrogens is 179 g/mol. The van der Waals surface area contributed by atoms with Crippen LogP contribution in [0.3, 0.4) is 0 Å². The lowest BCUT2D eigenvalue weighted by Crippen LogP contribution is -2.11. The Morgan fingerprint density at radius 1 is 1.23 bits per heavy atom. The van der Waals surface area contributed by atoms with Gasteiger partial charge in [-0.1, -0.05) is 38.1 Å². The zero-order valence-electron chi connectivity index (χ0n) is 8.58. The largest absolute Gasteiger partial charge is 0.319 e. The molecule has 0 aliphatic carbocycles. The van der Waals surface area contributed by atoms with E-state index in [1.165, 1.54) is 5.56 Å². The summed E-state index contributed by atoms with van der Waals surface area (Å²) in [6, 6.07) is 8.06. The molecule has 1 nitrogen and oxygen atoms in total. The topological polar surface area (TPSA) is 17.1 Å². The van der Waals surface area contributed by atoms with Gasteiger partial charge in [0.05, 0.1) is 0 Å². The molecule has 13 heavy (non-hydrogen) atoms. The molecular formula is C11H17OP. The number of rotatable bonds is 3. The fourth-order valence-electron chi connectivity index (χ4n) is 1.44. The molecule has 0 spiro atoms. The number of aryl methyl sites for hydroxylation is 1. The summed E-state index contributed by atoms with van der Waals surface area (Å²) in [7, 11) is -2.08. The van der Waals surface area contributed by atoms with Crippen molar-refractivity contribution in [3.8, 4) is 0 Å². The molecule has 1 atom stereocenters. The quantitative estimate of drug-likeness (QED) is 0.679. The van der Waals surface area contributed by atoms with Crippen LogP contribution in [0.1, 0.15) is 19.4 Å². The molecule has 0 saturated carbocycles. The lowest BCUT2D eigenvalue weighted by molar-refractivity contribution is 0.585. The van der Waals surface area contributed by atoms with Gasteiger partial charge < -0.3 is 4.57 Å². The van der Waals surface area contributed by atoms with Gasteiger partial charge in [-0.15, -0.1) is 0 Å². The number of benzene rings is 1. The van der Waals surface area contributed by atoms with Gasteiger partial charge in [0.25, 0.3) is 0 Å². The molecule has 0 heterocycles. The van der Waals surface area contributed by atoms with Crippen molar-refractivity contribution in [1.29, 1.82) is 0 Å². The van der Waals surface area contributed by atoms with E-state index >= 15 is 0 Å². The predicted octanol–water partition coefficient (Wildman–Crippen LogP) is 2.89. The van der Waals surface area contributed by atoms with Gasteiger partial charge in [-0.2, -0.15) is 0 Å². The van der Waals surface area contributed by atoms with Crippen LogP contribution in [0.4, 0.5) is 0 Å². The summed E-state index contributed by atoms with van der Waals surface area (Å²) in [4.78, 5) is 0. The molecule has 0 aliphatic rings. The molecule has 0 N–H and O–H groups in total. The van der Waals surface area contributed by atoms with E-state index in [4.69, 9.17) is 0 Å². The predicted molar refractivity (Wildman–Crippen MR) is 59.5 cm³/mol. The van der Waals surface area contributed by atoms with Crippen LogP contribution in [0.5, 0.6) is 0 Å². The summed E-state index contributed by atoms with van der Waals surface area (Å²) >= 11 is 0. The Balaban J connectivity index is 3.21. The molecule has 1 aromatic carbocycles. The fraction of sp³-hybridized carbons (Fsp3) is 0.455. The zero-order chi connectivity index (χ0) is 9.90. The Morgan fingerprint density at radius 3 is 2.38 bits per heavy atom. The first kappa shape index (κ1) is 10.5. The van der Waals surface area contributed by atoms with Gasteiger partial charge >= 0.3 is 0 Å². The van der Waals surface area contributed by atoms with Crippen molar-refractivity contribution >= 4 is 12.4 Å². The SMILES string of the molecule is CCc1ccccc1P(C)(=O)CC. The minimum atomic E-state index is -2.08. The minimum Gasteiger partial charge on any atom is -0.319 e. The highest BCUT2D eigenvalue weighted by Crippen LogP contribution is 2.40. The second-order valence-electron chi connectivity index (χ2n) is 3.40. The van der Waals surface area contributed by atoms with E-state index in [-0.39, 0.29) is 0 Å². The summed E-state index contributed by atoms with van der Waals surface area (Å²) < 4.78 is 12.2.